The Balaban J connectivity index is 1.97. The van der Waals surface area contributed by atoms with Gasteiger partial charge in [-0.3, -0.25) is 14.3 Å². The zero-order valence-electron chi connectivity index (χ0n) is 13.6. The normalized spacial score (nSPS) is 11.0. The van der Waals surface area contributed by atoms with Gasteiger partial charge in [-0.15, -0.1) is 0 Å². The highest BCUT2D eigenvalue weighted by Gasteiger charge is 2.14. The summed E-state index contributed by atoms with van der Waals surface area (Å²) in [4.78, 5) is 31.5. The maximum absolute atomic E-state index is 13.2. The fourth-order valence-electron chi connectivity index (χ4n) is 2.99. The monoisotopic (exact) mass is 347 g/mol. The van der Waals surface area contributed by atoms with Gasteiger partial charge in [0, 0.05) is 6.20 Å². The molecule has 128 valence electrons. The van der Waals surface area contributed by atoms with Crippen LogP contribution in [0.25, 0.3) is 22.2 Å². The van der Waals surface area contributed by atoms with Crippen LogP contribution in [0.2, 0.25) is 0 Å². The summed E-state index contributed by atoms with van der Waals surface area (Å²) in [5.74, 6) is -0.359. The highest BCUT2D eigenvalue weighted by Crippen LogP contribution is 2.24. The standard InChI is InChI=1S/C20H14FN3O2/c21-15-8-6-14(7-9-15)16-10-11-22-18-17(16)19(25)23-20(26)24(18)12-13-4-2-1-3-5-13/h1-11H,12H2,(H,23,25,26). The number of pyridine rings is 1. The van der Waals surface area contributed by atoms with Crippen molar-refractivity contribution >= 4 is 11.0 Å². The van der Waals surface area contributed by atoms with Crippen molar-refractivity contribution in [3.63, 3.8) is 0 Å². The average molecular weight is 347 g/mol. The number of benzene rings is 2. The van der Waals surface area contributed by atoms with E-state index in [1.54, 1.807) is 24.4 Å². The topological polar surface area (TPSA) is 67.8 Å². The molecule has 6 heteroatoms. The predicted molar refractivity (Wildman–Crippen MR) is 97.6 cm³/mol. The number of hydrogen-bond acceptors (Lipinski definition) is 3. The van der Waals surface area contributed by atoms with Gasteiger partial charge in [-0.25, -0.2) is 14.2 Å². The molecule has 26 heavy (non-hydrogen) atoms. The van der Waals surface area contributed by atoms with Crippen molar-refractivity contribution in [1.29, 1.82) is 0 Å². The molecule has 0 radical (unpaired) electrons. The molecule has 0 atom stereocenters. The molecule has 2 aromatic carbocycles. The Hall–Kier alpha value is -3.54. The van der Waals surface area contributed by atoms with Gasteiger partial charge in [-0.05, 0) is 34.9 Å². The second-order valence-electron chi connectivity index (χ2n) is 5.90. The van der Waals surface area contributed by atoms with Gasteiger partial charge < -0.3 is 0 Å². The highest BCUT2D eigenvalue weighted by molar-refractivity contribution is 5.91. The minimum atomic E-state index is -0.518. The van der Waals surface area contributed by atoms with Crippen LogP contribution < -0.4 is 11.2 Å². The van der Waals surface area contributed by atoms with Crippen LogP contribution in [0.3, 0.4) is 0 Å². The Kier molecular flexibility index (Phi) is 3.93. The van der Waals surface area contributed by atoms with Crippen molar-refractivity contribution in [3.05, 3.63) is 99.1 Å². The summed E-state index contributed by atoms with van der Waals surface area (Å²) in [6, 6.07) is 17.0. The van der Waals surface area contributed by atoms with Gasteiger partial charge in [-0.2, -0.15) is 0 Å². The van der Waals surface area contributed by atoms with Crippen molar-refractivity contribution in [2.75, 3.05) is 0 Å². The van der Waals surface area contributed by atoms with Gasteiger partial charge in [-0.1, -0.05) is 42.5 Å². The van der Waals surface area contributed by atoms with Gasteiger partial charge in [0.15, 0.2) is 0 Å². The van der Waals surface area contributed by atoms with Crippen molar-refractivity contribution < 1.29 is 4.39 Å². The first-order chi connectivity index (χ1) is 12.6. The van der Waals surface area contributed by atoms with Crippen LogP contribution >= 0.6 is 0 Å². The zero-order valence-corrected chi connectivity index (χ0v) is 13.6. The number of halogens is 1. The molecular formula is C20H14FN3O2. The fraction of sp³-hybridized carbons (Fsp3) is 0.0500. The van der Waals surface area contributed by atoms with E-state index in [9.17, 15) is 14.0 Å². The first kappa shape index (κ1) is 16.0. The number of H-pyrrole nitrogens is 1. The molecule has 0 spiro atoms. The molecule has 0 amide bonds. The van der Waals surface area contributed by atoms with E-state index in [0.29, 0.717) is 22.2 Å². The summed E-state index contributed by atoms with van der Waals surface area (Å²) in [6.45, 7) is 0.285. The first-order valence-electron chi connectivity index (χ1n) is 8.05. The molecule has 2 heterocycles. The number of fused-ring (bicyclic) bond motifs is 1. The summed E-state index contributed by atoms with van der Waals surface area (Å²) >= 11 is 0. The van der Waals surface area contributed by atoms with Gasteiger partial charge in [0.25, 0.3) is 5.56 Å². The third-order valence-electron chi connectivity index (χ3n) is 4.22. The van der Waals surface area contributed by atoms with Crippen LogP contribution in [-0.2, 0) is 6.54 Å². The van der Waals surface area contributed by atoms with Crippen LogP contribution in [0.15, 0.2) is 76.4 Å². The molecule has 4 aromatic rings. The third kappa shape index (κ3) is 2.82. The first-order valence-corrected chi connectivity index (χ1v) is 8.05. The molecule has 0 bridgehead atoms. The Labute approximate surface area is 147 Å². The van der Waals surface area contributed by atoms with Gasteiger partial charge >= 0.3 is 5.69 Å². The van der Waals surface area contributed by atoms with Crippen LogP contribution in [0.5, 0.6) is 0 Å². The minimum Gasteiger partial charge on any atom is -0.273 e. The van der Waals surface area contributed by atoms with E-state index in [-0.39, 0.29) is 12.4 Å². The van der Waals surface area contributed by atoms with Crippen LogP contribution in [0, 0.1) is 5.82 Å². The van der Waals surface area contributed by atoms with Crippen molar-refractivity contribution in [2.45, 2.75) is 6.54 Å². The fourth-order valence-corrected chi connectivity index (χ4v) is 2.99. The lowest BCUT2D eigenvalue weighted by Crippen LogP contribution is -2.31. The zero-order chi connectivity index (χ0) is 18.1. The SMILES string of the molecule is O=c1[nH]c(=O)n(Cc2ccccc2)c2nccc(-c3ccc(F)cc3)c12. The van der Waals surface area contributed by atoms with Crippen LogP contribution in [-0.4, -0.2) is 14.5 Å². The maximum atomic E-state index is 13.2. The molecule has 0 aliphatic heterocycles. The summed E-state index contributed by atoms with van der Waals surface area (Å²) in [6.07, 6.45) is 1.54. The van der Waals surface area contributed by atoms with E-state index in [0.717, 1.165) is 5.56 Å². The van der Waals surface area contributed by atoms with Crippen molar-refractivity contribution in [1.82, 2.24) is 14.5 Å². The molecule has 5 nitrogen and oxygen atoms in total. The van der Waals surface area contributed by atoms with E-state index < -0.39 is 11.2 Å². The summed E-state index contributed by atoms with van der Waals surface area (Å²) < 4.78 is 14.7. The number of nitrogens with zero attached hydrogens (tertiary/aromatic N) is 2. The molecule has 0 saturated carbocycles. The van der Waals surface area contributed by atoms with Crippen LogP contribution in [0.4, 0.5) is 4.39 Å². The second-order valence-corrected chi connectivity index (χ2v) is 5.90. The minimum absolute atomic E-state index is 0.285. The van der Waals surface area contributed by atoms with E-state index in [1.807, 2.05) is 30.3 Å². The van der Waals surface area contributed by atoms with Crippen molar-refractivity contribution in [2.24, 2.45) is 0 Å². The molecule has 4 rings (SSSR count). The molecule has 0 aliphatic carbocycles. The number of hydrogen-bond donors (Lipinski definition) is 1. The molecule has 0 aliphatic rings. The number of rotatable bonds is 3. The lowest BCUT2D eigenvalue weighted by molar-refractivity contribution is 0.628. The predicted octanol–water partition coefficient (Wildman–Crippen LogP) is 2.94. The van der Waals surface area contributed by atoms with E-state index in [1.165, 1.54) is 16.7 Å². The largest absolute Gasteiger partial charge is 0.330 e. The summed E-state index contributed by atoms with van der Waals surface area (Å²) in [7, 11) is 0. The molecule has 0 unspecified atom stereocenters. The molecule has 0 saturated heterocycles. The van der Waals surface area contributed by atoms with E-state index >= 15 is 0 Å². The highest BCUT2D eigenvalue weighted by atomic mass is 19.1. The summed E-state index contributed by atoms with van der Waals surface area (Å²) in [5.41, 5.74) is 1.45. The number of aromatic amines is 1. The average Bonchev–Trinajstić information content (AvgIpc) is 2.66. The lowest BCUT2D eigenvalue weighted by atomic mass is 10.0. The van der Waals surface area contributed by atoms with Gasteiger partial charge in [0.2, 0.25) is 0 Å². The Morgan fingerprint density at radius 2 is 1.69 bits per heavy atom. The Morgan fingerprint density at radius 3 is 2.42 bits per heavy atom. The van der Waals surface area contributed by atoms with Gasteiger partial charge in [0.05, 0.1) is 11.9 Å². The number of nitrogens with one attached hydrogen (secondary N) is 1. The Bertz CT molecular complexity index is 1200. The smallest absolute Gasteiger partial charge is 0.273 e. The quantitative estimate of drug-likeness (QED) is 0.620. The van der Waals surface area contributed by atoms with Gasteiger partial charge in [0.1, 0.15) is 11.5 Å². The maximum Gasteiger partial charge on any atom is 0.330 e. The Morgan fingerprint density at radius 1 is 0.962 bits per heavy atom. The van der Waals surface area contributed by atoms with E-state index in [4.69, 9.17) is 0 Å². The third-order valence-corrected chi connectivity index (χ3v) is 4.22. The van der Waals surface area contributed by atoms with E-state index in [2.05, 4.69) is 9.97 Å². The second kappa shape index (κ2) is 6.40. The molecule has 2 aromatic heterocycles. The molecule has 0 fully saturated rings. The molecule has 1 N–H and O–H groups in total. The number of aromatic nitrogens is 3. The summed E-state index contributed by atoms with van der Waals surface area (Å²) in [5, 5.41) is 0.301. The molecular weight excluding hydrogens is 333 g/mol. The van der Waals surface area contributed by atoms with Crippen LogP contribution in [0.1, 0.15) is 5.56 Å². The van der Waals surface area contributed by atoms with Crippen molar-refractivity contribution in [3.8, 4) is 11.1 Å². The lowest BCUT2D eigenvalue weighted by Gasteiger charge is -2.11.